The van der Waals surface area contributed by atoms with Gasteiger partial charge in [-0.2, -0.15) is 13.5 Å². The third-order valence-corrected chi connectivity index (χ3v) is 5.44. The summed E-state index contributed by atoms with van der Waals surface area (Å²) in [5, 5.41) is 6.80. The molecule has 1 aromatic heterocycles. The molecule has 0 fully saturated rings. The Morgan fingerprint density at radius 1 is 1.35 bits per heavy atom. The van der Waals surface area contributed by atoms with Crippen molar-refractivity contribution in [3.05, 3.63) is 41.1 Å². The molecule has 0 amide bonds. The van der Waals surface area contributed by atoms with Crippen molar-refractivity contribution in [2.45, 2.75) is 37.8 Å². The molecule has 1 aliphatic heterocycles. The van der Waals surface area contributed by atoms with Crippen molar-refractivity contribution in [1.82, 2.24) is 15.1 Å². The van der Waals surface area contributed by atoms with Crippen molar-refractivity contribution in [3.8, 4) is 0 Å². The number of aromatic nitrogens is 2. The van der Waals surface area contributed by atoms with Gasteiger partial charge in [-0.05, 0) is 36.6 Å². The first kappa shape index (κ1) is 16.0. The molecular weight excluding hydrogens is 312 g/mol. The number of hydrogen-bond acceptors (Lipinski definition) is 4. The predicted molar refractivity (Wildman–Crippen MR) is 90.0 cm³/mol. The quantitative estimate of drug-likeness (QED) is 0.899. The highest BCUT2D eigenvalue weighted by atomic mass is 32.2. The van der Waals surface area contributed by atoms with E-state index in [1.54, 1.807) is 6.07 Å². The minimum atomic E-state index is -3.66. The summed E-state index contributed by atoms with van der Waals surface area (Å²) in [5.41, 5.74) is 3.64. The van der Waals surface area contributed by atoms with E-state index in [1.165, 1.54) is 5.56 Å². The highest BCUT2D eigenvalue weighted by molar-refractivity contribution is 7.92. The van der Waals surface area contributed by atoms with Gasteiger partial charge in [0.15, 0.2) is 5.03 Å². The monoisotopic (exact) mass is 334 g/mol. The maximum atomic E-state index is 12.6. The molecule has 1 aromatic carbocycles. The van der Waals surface area contributed by atoms with Gasteiger partial charge in [-0.25, -0.2) is 0 Å². The van der Waals surface area contributed by atoms with Gasteiger partial charge in [0.25, 0.3) is 10.0 Å². The fourth-order valence-electron chi connectivity index (χ4n) is 2.76. The van der Waals surface area contributed by atoms with Crippen molar-refractivity contribution in [3.63, 3.8) is 0 Å². The van der Waals surface area contributed by atoms with Gasteiger partial charge in [0.2, 0.25) is 0 Å². The molecule has 0 saturated carbocycles. The molecule has 2 aromatic rings. The molecule has 23 heavy (non-hydrogen) atoms. The van der Waals surface area contributed by atoms with E-state index in [0.717, 1.165) is 30.8 Å². The molecule has 0 atom stereocenters. The molecule has 124 valence electrons. The standard InChI is InChI=1S/C16H22N4O2S/c1-11(2)15-9-16(18-17-15)23(21,22)19-14-6-4-5-12-7-8-20(3)10-13(12)14/h4-6,9,11,19H,7-8,10H2,1-3H3,(H,17,18). The third kappa shape index (κ3) is 3.25. The number of benzene rings is 1. The van der Waals surface area contributed by atoms with Crippen LogP contribution in [0.1, 0.15) is 36.6 Å². The Balaban J connectivity index is 1.92. The van der Waals surface area contributed by atoms with Crippen LogP contribution in [0.25, 0.3) is 0 Å². The van der Waals surface area contributed by atoms with Gasteiger partial charge in [0.1, 0.15) is 0 Å². The lowest BCUT2D eigenvalue weighted by Gasteiger charge is -2.27. The second kappa shape index (κ2) is 5.98. The lowest BCUT2D eigenvalue weighted by molar-refractivity contribution is 0.313. The molecule has 0 radical (unpaired) electrons. The maximum absolute atomic E-state index is 12.6. The molecule has 7 heteroatoms. The van der Waals surface area contributed by atoms with Crippen LogP contribution in [-0.4, -0.2) is 37.1 Å². The van der Waals surface area contributed by atoms with Crippen LogP contribution in [0.5, 0.6) is 0 Å². The Morgan fingerprint density at radius 2 is 2.13 bits per heavy atom. The minimum absolute atomic E-state index is 0.1000. The number of anilines is 1. The number of aromatic amines is 1. The minimum Gasteiger partial charge on any atom is -0.302 e. The van der Waals surface area contributed by atoms with Crippen molar-refractivity contribution < 1.29 is 8.42 Å². The zero-order chi connectivity index (χ0) is 16.6. The molecule has 0 saturated heterocycles. The molecular formula is C16H22N4O2S. The average molecular weight is 334 g/mol. The molecule has 0 bridgehead atoms. The molecule has 3 rings (SSSR count). The van der Waals surface area contributed by atoms with E-state index in [4.69, 9.17) is 0 Å². The fraction of sp³-hybridized carbons (Fsp3) is 0.438. The number of likely N-dealkylation sites (N-methyl/N-ethyl adjacent to an activating group) is 1. The first-order valence-electron chi connectivity index (χ1n) is 7.74. The number of H-pyrrole nitrogens is 1. The van der Waals surface area contributed by atoms with Gasteiger partial charge < -0.3 is 4.90 Å². The number of fused-ring (bicyclic) bond motifs is 1. The number of sulfonamides is 1. The van der Waals surface area contributed by atoms with Crippen LogP contribution in [0.2, 0.25) is 0 Å². The Labute approximate surface area is 137 Å². The van der Waals surface area contributed by atoms with Crippen LogP contribution in [0, 0.1) is 0 Å². The maximum Gasteiger partial charge on any atom is 0.278 e. The van der Waals surface area contributed by atoms with Crippen LogP contribution < -0.4 is 4.72 Å². The largest absolute Gasteiger partial charge is 0.302 e. The second-order valence-corrected chi connectivity index (χ2v) is 8.00. The smallest absolute Gasteiger partial charge is 0.278 e. The van der Waals surface area contributed by atoms with Crippen LogP contribution in [0.4, 0.5) is 5.69 Å². The van der Waals surface area contributed by atoms with E-state index >= 15 is 0 Å². The summed E-state index contributed by atoms with van der Waals surface area (Å²) in [6.07, 6.45) is 0.933. The molecule has 1 aliphatic rings. The fourth-order valence-corrected chi connectivity index (χ4v) is 3.80. The van der Waals surface area contributed by atoms with E-state index < -0.39 is 10.0 Å². The van der Waals surface area contributed by atoms with E-state index in [1.807, 2.05) is 33.0 Å². The Kier molecular flexibility index (Phi) is 4.16. The summed E-state index contributed by atoms with van der Waals surface area (Å²) >= 11 is 0. The summed E-state index contributed by atoms with van der Waals surface area (Å²) < 4.78 is 27.9. The first-order chi connectivity index (χ1) is 10.9. The predicted octanol–water partition coefficient (Wildman–Crippen LogP) is 2.32. The van der Waals surface area contributed by atoms with E-state index in [9.17, 15) is 8.42 Å². The zero-order valence-electron chi connectivity index (χ0n) is 13.6. The van der Waals surface area contributed by atoms with Crippen molar-refractivity contribution in [1.29, 1.82) is 0 Å². The molecule has 6 nitrogen and oxygen atoms in total. The van der Waals surface area contributed by atoms with E-state index in [-0.39, 0.29) is 10.9 Å². The van der Waals surface area contributed by atoms with Crippen LogP contribution in [0.15, 0.2) is 29.3 Å². The highest BCUT2D eigenvalue weighted by Gasteiger charge is 2.22. The number of hydrogen-bond donors (Lipinski definition) is 2. The van der Waals surface area contributed by atoms with E-state index in [0.29, 0.717) is 5.69 Å². The van der Waals surface area contributed by atoms with Gasteiger partial charge in [0.05, 0.1) is 11.4 Å². The van der Waals surface area contributed by atoms with Crippen molar-refractivity contribution in [2.75, 3.05) is 18.3 Å². The normalized spacial score (nSPS) is 15.7. The van der Waals surface area contributed by atoms with Gasteiger partial charge in [-0.1, -0.05) is 26.0 Å². The average Bonchev–Trinajstić information content (AvgIpc) is 2.98. The van der Waals surface area contributed by atoms with Crippen LogP contribution >= 0.6 is 0 Å². The second-order valence-electron chi connectivity index (χ2n) is 6.35. The van der Waals surface area contributed by atoms with Gasteiger partial charge in [-0.15, -0.1) is 0 Å². The summed E-state index contributed by atoms with van der Waals surface area (Å²) in [6.45, 7) is 5.68. The van der Waals surface area contributed by atoms with Gasteiger partial charge >= 0.3 is 0 Å². The SMILES string of the molecule is CC(C)c1cc(S(=O)(=O)Nc2cccc3c2CN(C)CC3)[nH]n1. The number of rotatable bonds is 4. The first-order valence-corrected chi connectivity index (χ1v) is 9.22. The molecule has 2 heterocycles. The molecule has 2 N–H and O–H groups in total. The van der Waals surface area contributed by atoms with Crippen LogP contribution in [0.3, 0.4) is 0 Å². The third-order valence-electron chi connectivity index (χ3n) is 4.16. The Hall–Kier alpha value is -1.86. The number of nitrogens with one attached hydrogen (secondary N) is 2. The summed E-state index contributed by atoms with van der Waals surface area (Å²) in [7, 11) is -1.62. The topological polar surface area (TPSA) is 78.1 Å². The molecule has 0 unspecified atom stereocenters. The van der Waals surface area contributed by atoms with Crippen molar-refractivity contribution in [2.24, 2.45) is 0 Å². The summed E-state index contributed by atoms with van der Waals surface area (Å²) in [5.74, 6) is 0.174. The lowest BCUT2D eigenvalue weighted by Crippen LogP contribution is -2.28. The Morgan fingerprint density at radius 3 is 2.83 bits per heavy atom. The summed E-state index contributed by atoms with van der Waals surface area (Å²) in [6, 6.07) is 7.37. The molecule has 0 spiro atoms. The summed E-state index contributed by atoms with van der Waals surface area (Å²) in [4.78, 5) is 2.19. The number of nitrogens with zero attached hydrogens (tertiary/aromatic N) is 2. The molecule has 0 aliphatic carbocycles. The van der Waals surface area contributed by atoms with E-state index in [2.05, 4.69) is 25.9 Å². The zero-order valence-corrected chi connectivity index (χ0v) is 14.4. The van der Waals surface area contributed by atoms with Gasteiger partial charge in [0, 0.05) is 19.2 Å². The van der Waals surface area contributed by atoms with Gasteiger partial charge in [-0.3, -0.25) is 9.82 Å². The van der Waals surface area contributed by atoms with Crippen molar-refractivity contribution >= 4 is 15.7 Å². The highest BCUT2D eigenvalue weighted by Crippen LogP contribution is 2.27. The Bertz CT molecular complexity index is 811. The van der Waals surface area contributed by atoms with Crippen LogP contribution in [-0.2, 0) is 23.0 Å². The lowest BCUT2D eigenvalue weighted by atomic mass is 9.99.